The van der Waals surface area contributed by atoms with Crippen molar-refractivity contribution in [2.24, 2.45) is 0 Å². The van der Waals surface area contributed by atoms with Crippen LogP contribution in [0.15, 0.2) is 64.6 Å². The normalized spacial score (nSPS) is 11.0. The lowest BCUT2D eigenvalue weighted by atomic mass is 10.3. The van der Waals surface area contributed by atoms with Crippen LogP contribution in [0.4, 0.5) is 10.2 Å². The van der Waals surface area contributed by atoms with Crippen LogP contribution in [0.2, 0.25) is 0 Å². The van der Waals surface area contributed by atoms with Crippen molar-refractivity contribution in [3.8, 4) is 11.5 Å². The summed E-state index contributed by atoms with van der Waals surface area (Å²) in [5, 5.41) is 0.616. The fraction of sp³-hybridized carbons (Fsp3) is 0. The number of benzene rings is 2. The molecule has 0 saturated heterocycles. The Kier molecular flexibility index (Phi) is 3.62. The molecule has 2 aromatic carbocycles. The standard InChI is InChI=1S/C17H12FN5S.2H2/c18-10-4-3-5-11(8-10)24-14-9-20-16(19)15(23-14)17-21-12-6-1-2-7-13(12)22-17;;/h1-9H,(H2,19,20)(H,21,22);2*1H. The maximum Gasteiger partial charge on any atom is 0.161 e. The van der Waals surface area contributed by atoms with Crippen LogP contribution in [0.3, 0.4) is 0 Å². The van der Waals surface area contributed by atoms with E-state index in [-0.39, 0.29) is 14.5 Å². The van der Waals surface area contributed by atoms with Gasteiger partial charge >= 0.3 is 0 Å². The number of nitrogens with one attached hydrogen (secondary N) is 1. The highest BCUT2D eigenvalue weighted by Gasteiger charge is 2.13. The summed E-state index contributed by atoms with van der Waals surface area (Å²) in [5.74, 6) is 0.557. The highest BCUT2D eigenvalue weighted by atomic mass is 32.2. The molecule has 0 aliphatic heterocycles. The van der Waals surface area contributed by atoms with E-state index in [2.05, 4.69) is 19.9 Å². The summed E-state index contributed by atoms with van der Waals surface area (Å²) >= 11 is 1.32. The van der Waals surface area contributed by atoms with Crippen LogP contribution in [0.5, 0.6) is 0 Å². The van der Waals surface area contributed by atoms with Gasteiger partial charge in [0.2, 0.25) is 0 Å². The molecule has 0 atom stereocenters. The van der Waals surface area contributed by atoms with Crippen LogP contribution in [0, 0.1) is 5.82 Å². The van der Waals surface area contributed by atoms with Crippen molar-refractivity contribution in [2.45, 2.75) is 9.92 Å². The zero-order valence-corrected chi connectivity index (χ0v) is 13.2. The number of anilines is 1. The molecular weight excluding hydrogens is 325 g/mol. The van der Waals surface area contributed by atoms with Gasteiger partial charge in [0.15, 0.2) is 11.6 Å². The van der Waals surface area contributed by atoms with Crippen molar-refractivity contribution in [3.63, 3.8) is 0 Å². The highest BCUT2D eigenvalue weighted by Crippen LogP contribution is 2.29. The monoisotopic (exact) mass is 341 g/mol. The van der Waals surface area contributed by atoms with Crippen LogP contribution in [-0.2, 0) is 0 Å². The summed E-state index contributed by atoms with van der Waals surface area (Å²) in [4.78, 5) is 17.1. The maximum atomic E-state index is 13.3. The zero-order valence-electron chi connectivity index (χ0n) is 12.4. The largest absolute Gasteiger partial charge is 0.382 e. The second-order valence-electron chi connectivity index (χ2n) is 5.10. The molecule has 24 heavy (non-hydrogen) atoms. The number of hydrogen-bond acceptors (Lipinski definition) is 5. The Bertz CT molecular complexity index is 1010. The molecule has 7 heteroatoms. The predicted octanol–water partition coefficient (Wildman–Crippen LogP) is 4.38. The number of nitrogen functional groups attached to an aromatic ring is 1. The molecule has 2 heterocycles. The number of hydrogen-bond donors (Lipinski definition) is 2. The fourth-order valence-electron chi connectivity index (χ4n) is 2.32. The molecular formula is C17H16FN5S. The molecule has 0 unspecified atom stereocenters. The molecule has 4 rings (SSSR count). The van der Waals surface area contributed by atoms with E-state index in [0.29, 0.717) is 16.5 Å². The topological polar surface area (TPSA) is 80.5 Å². The van der Waals surface area contributed by atoms with E-state index < -0.39 is 0 Å². The highest BCUT2D eigenvalue weighted by molar-refractivity contribution is 7.99. The van der Waals surface area contributed by atoms with Gasteiger partial charge in [0, 0.05) is 7.75 Å². The predicted molar refractivity (Wildman–Crippen MR) is 96.3 cm³/mol. The van der Waals surface area contributed by atoms with Crippen LogP contribution in [0.1, 0.15) is 2.85 Å². The van der Waals surface area contributed by atoms with E-state index in [1.807, 2.05) is 30.3 Å². The molecule has 0 bridgehead atoms. The molecule has 2 aromatic heterocycles. The van der Waals surface area contributed by atoms with E-state index in [1.165, 1.54) is 23.9 Å². The van der Waals surface area contributed by atoms with Gasteiger partial charge < -0.3 is 10.7 Å². The van der Waals surface area contributed by atoms with Crippen molar-refractivity contribution < 1.29 is 7.24 Å². The van der Waals surface area contributed by atoms with E-state index in [0.717, 1.165) is 15.9 Å². The molecule has 0 spiro atoms. The Hall–Kier alpha value is -2.93. The quantitative estimate of drug-likeness (QED) is 0.578. The third kappa shape index (κ3) is 2.81. The van der Waals surface area contributed by atoms with Crippen molar-refractivity contribution in [1.82, 2.24) is 19.9 Å². The number of fused-ring (bicyclic) bond motifs is 1. The van der Waals surface area contributed by atoms with E-state index in [4.69, 9.17) is 5.73 Å². The number of aromatic amines is 1. The number of imidazole rings is 1. The van der Waals surface area contributed by atoms with Gasteiger partial charge in [0.05, 0.1) is 17.2 Å². The first-order valence-electron chi connectivity index (χ1n) is 7.20. The summed E-state index contributed by atoms with van der Waals surface area (Å²) in [6.07, 6.45) is 1.57. The Balaban J connectivity index is 0.00000121. The van der Waals surface area contributed by atoms with Gasteiger partial charge in [-0.3, -0.25) is 0 Å². The molecule has 0 saturated carbocycles. The summed E-state index contributed by atoms with van der Waals surface area (Å²) in [6.45, 7) is 0. The molecule has 3 N–H and O–H groups in total. The lowest BCUT2D eigenvalue weighted by Crippen LogP contribution is -1.99. The molecule has 0 amide bonds. The van der Waals surface area contributed by atoms with Crippen molar-refractivity contribution >= 4 is 28.6 Å². The first-order chi connectivity index (χ1) is 11.7. The number of aromatic nitrogens is 4. The fourth-order valence-corrected chi connectivity index (χ4v) is 3.12. The first kappa shape index (κ1) is 14.6. The van der Waals surface area contributed by atoms with Gasteiger partial charge in [-0.05, 0) is 30.3 Å². The third-order valence-corrected chi connectivity index (χ3v) is 4.31. The number of halogens is 1. The van der Waals surface area contributed by atoms with Gasteiger partial charge in [0.1, 0.15) is 16.5 Å². The Morgan fingerprint density at radius 3 is 2.79 bits per heavy atom. The molecule has 4 aromatic rings. The van der Waals surface area contributed by atoms with Crippen LogP contribution in [0.25, 0.3) is 22.6 Å². The Morgan fingerprint density at radius 2 is 1.96 bits per heavy atom. The number of nitrogens with zero attached hydrogens (tertiary/aromatic N) is 3. The van der Waals surface area contributed by atoms with Crippen molar-refractivity contribution in [3.05, 3.63) is 60.5 Å². The van der Waals surface area contributed by atoms with Gasteiger partial charge in [-0.25, -0.2) is 19.3 Å². The van der Waals surface area contributed by atoms with Crippen LogP contribution < -0.4 is 5.73 Å². The lowest BCUT2D eigenvalue weighted by Gasteiger charge is -2.05. The summed E-state index contributed by atoms with van der Waals surface area (Å²) < 4.78 is 13.3. The van der Waals surface area contributed by atoms with Crippen molar-refractivity contribution in [1.29, 1.82) is 0 Å². The van der Waals surface area contributed by atoms with Crippen LogP contribution in [-0.4, -0.2) is 19.9 Å². The van der Waals surface area contributed by atoms with E-state index >= 15 is 0 Å². The second kappa shape index (κ2) is 5.93. The number of nitrogens with two attached hydrogens (primary N) is 1. The number of para-hydroxylation sites is 2. The zero-order chi connectivity index (χ0) is 16.5. The van der Waals surface area contributed by atoms with E-state index in [9.17, 15) is 4.39 Å². The smallest absolute Gasteiger partial charge is 0.161 e. The third-order valence-electron chi connectivity index (χ3n) is 3.41. The van der Waals surface area contributed by atoms with Crippen molar-refractivity contribution in [2.75, 3.05) is 5.73 Å². The van der Waals surface area contributed by atoms with Crippen LogP contribution >= 0.6 is 11.8 Å². The maximum absolute atomic E-state index is 13.3. The second-order valence-corrected chi connectivity index (χ2v) is 6.20. The lowest BCUT2D eigenvalue weighted by molar-refractivity contribution is 0.624. The molecule has 5 nitrogen and oxygen atoms in total. The minimum Gasteiger partial charge on any atom is -0.382 e. The number of rotatable bonds is 3. The molecule has 0 radical (unpaired) electrons. The molecule has 0 aliphatic rings. The Labute approximate surface area is 144 Å². The number of H-pyrrole nitrogens is 1. The minimum absolute atomic E-state index is 0. The average molecular weight is 341 g/mol. The SMILES string of the molecule is Nc1ncc(Sc2cccc(F)c2)nc1-c1nc2ccccc2[nH]1.[HH].[HH]. The van der Waals surface area contributed by atoms with Gasteiger partial charge in [-0.2, -0.15) is 0 Å². The molecule has 0 fully saturated rings. The summed E-state index contributed by atoms with van der Waals surface area (Å²) in [7, 11) is 0. The van der Waals surface area contributed by atoms with Gasteiger partial charge in [-0.1, -0.05) is 30.0 Å². The average Bonchev–Trinajstić information content (AvgIpc) is 3.00. The van der Waals surface area contributed by atoms with E-state index in [1.54, 1.807) is 12.3 Å². The summed E-state index contributed by atoms with van der Waals surface area (Å²) in [5.41, 5.74) is 8.17. The minimum atomic E-state index is -0.291. The van der Waals surface area contributed by atoms with Gasteiger partial charge in [-0.15, -0.1) is 0 Å². The summed E-state index contributed by atoms with van der Waals surface area (Å²) in [6, 6.07) is 14.0. The Morgan fingerprint density at radius 1 is 1.08 bits per heavy atom. The first-order valence-corrected chi connectivity index (χ1v) is 8.02. The molecule has 0 aliphatic carbocycles. The molecule has 122 valence electrons. The van der Waals surface area contributed by atoms with Gasteiger partial charge in [0.25, 0.3) is 0 Å².